The zero-order chi connectivity index (χ0) is 31.6. The van der Waals surface area contributed by atoms with Gasteiger partial charge in [-0.25, -0.2) is 14.2 Å². The lowest BCUT2D eigenvalue weighted by molar-refractivity contribution is -0.0475. The highest BCUT2D eigenvalue weighted by atomic mass is 35.5. The summed E-state index contributed by atoms with van der Waals surface area (Å²) in [6.45, 7) is 13.0. The van der Waals surface area contributed by atoms with Crippen molar-refractivity contribution in [3.8, 4) is 17.0 Å². The van der Waals surface area contributed by atoms with Crippen molar-refractivity contribution in [3.63, 3.8) is 0 Å². The van der Waals surface area contributed by atoms with E-state index in [2.05, 4.69) is 23.6 Å². The number of carbonyl (C=O) groups is 2. The van der Waals surface area contributed by atoms with Gasteiger partial charge in [0.05, 0.1) is 17.8 Å². The van der Waals surface area contributed by atoms with Crippen LogP contribution in [0.3, 0.4) is 0 Å². The minimum Gasteiger partial charge on any atom is -0.489 e. The second kappa shape index (κ2) is 11.3. The van der Waals surface area contributed by atoms with Crippen LogP contribution in [-0.4, -0.2) is 114 Å². The summed E-state index contributed by atoms with van der Waals surface area (Å²) in [6.07, 6.45) is 0.639. The number of piperazine rings is 1. The van der Waals surface area contributed by atoms with Crippen molar-refractivity contribution in [2.45, 2.75) is 70.4 Å². The van der Waals surface area contributed by atoms with Gasteiger partial charge in [0.15, 0.2) is 5.75 Å². The monoisotopic (exact) mass is 629 g/mol. The molecule has 0 aliphatic carbocycles. The number of ether oxygens (including phenoxy) is 3. The molecule has 3 saturated heterocycles. The van der Waals surface area contributed by atoms with Crippen molar-refractivity contribution in [2.24, 2.45) is 0 Å². The number of anilines is 1. The summed E-state index contributed by atoms with van der Waals surface area (Å²) in [4.78, 5) is 40.2. The van der Waals surface area contributed by atoms with Crippen LogP contribution < -0.4 is 9.64 Å². The van der Waals surface area contributed by atoms with Crippen molar-refractivity contribution >= 4 is 29.4 Å². The van der Waals surface area contributed by atoms with Gasteiger partial charge in [-0.05, 0) is 53.2 Å². The Balaban J connectivity index is 1.40. The predicted octanol–water partition coefficient (Wildman–Crippen LogP) is 4.68. The van der Waals surface area contributed by atoms with Crippen molar-refractivity contribution < 1.29 is 28.2 Å². The van der Waals surface area contributed by atoms with Crippen molar-refractivity contribution in [3.05, 3.63) is 40.7 Å². The molecule has 0 bridgehead atoms. The summed E-state index contributed by atoms with van der Waals surface area (Å²) in [5, 5.41) is 0.0882. The number of likely N-dealkylation sites (tertiary alicyclic amines) is 1. The summed E-state index contributed by atoms with van der Waals surface area (Å²) in [6, 6.07) is 6.13. The molecular formula is C32H41ClFN5O5. The third-order valence-corrected chi connectivity index (χ3v) is 9.43. The van der Waals surface area contributed by atoms with E-state index in [4.69, 9.17) is 30.8 Å². The lowest BCUT2D eigenvalue weighted by atomic mass is 9.97. The summed E-state index contributed by atoms with van der Waals surface area (Å²) in [5.74, 6) is -0.110. The van der Waals surface area contributed by atoms with E-state index >= 15 is 4.39 Å². The summed E-state index contributed by atoms with van der Waals surface area (Å²) in [7, 11) is 1.73. The molecule has 0 N–H and O–H groups in total. The Labute approximate surface area is 263 Å². The first-order valence-electron chi connectivity index (χ1n) is 15.2. The van der Waals surface area contributed by atoms with E-state index in [1.807, 2.05) is 20.8 Å². The number of nitrogens with zero attached hydrogens (tertiary/aromatic N) is 5. The Morgan fingerprint density at radius 1 is 1.11 bits per heavy atom. The topological polar surface area (TPSA) is 87.7 Å². The second-order valence-corrected chi connectivity index (χ2v) is 14.1. The first kappa shape index (κ1) is 30.9. The van der Waals surface area contributed by atoms with Gasteiger partial charge in [-0.3, -0.25) is 9.69 Å². The largest absolute Gasteiger partial charge is 0.489 e. The second-order valence-electron chi connectivity index (χ2n) is 13.8. The number of pyridine rings is 1. The van der Waals surface area contributed by atoms with Gasteiger partial charge in [0.1, 0.15) is 34.4 Å². The average Bonchev–Trinajstić information content (AvgIpc) is 3.16. The highest BCUT2D eigenvalue weighted by Crippen LogP contribution is 2.47. The van der Waals surface area contributed by atoms with E-state index in [0.717, 1.165) is 19.5 Å². The van der Waals surface area contributed by atoms with Crippen LogP contribution in [0, 0.1) is 5.82 Å². The third kappa shape index (κ3) is 5.58. The maximum atomic E-state index is 15.2. The van der Waals surface area contributed by atoms with E-state index in [1.54, 1.807) is 35.1 Å². The minimum atomic E-state index is -0.641. The summed E-state index contributed by atoms with van der Waals surface area (Å²) in [5.41, 5.74) is -0.279. The first-order chi connectivity index (χ1) is 20.8. The maximum Gasteiger partial charge on any atom is 0.410 e. The molecule has 12 heteroatoms. The van der Waals surface area contributed by atoms with Crippen LogP contribution in [0.4, 0.5) is 15.0 Å². The normalized spacial score (nSPS) is 23.9. The summed E-state index contributed by atoms with van der Waals surface area (Å²) >= 11 is 6.96. The molecule has 1 aromatic heterocycles. The molecule has 4 aliphatic rings. The lowest BCUT2D eigenvalue weighted by Gasteiger charge is -2.42. The highest BCUT2D eigenvalue weighted by molar-refractivity contribution is 6.35. The van der Waals surface area contributed by atoms with Gasteiger partial charge in [0, 0.05) is 63.5 Å². The summed E-state index contributed by atoms with van der Waals surface area (Å²) < 4.78 is 32.6. The Bertz CT molecular complexity index is 1460. The van der Waals surface area contributed by atoms with Gasteiger partial charge in [-0.2, -0.15) is 0 Å². The fourth-order valence-electron chi connectivity index (χ4n) is 6.71. The van der Waals surface area contributed by atoms with Crippen LogP contribution in [0.25, 0.3) is 11.3 Å². The van der Waals surface area contributed by atoms with Crippen molar-refractivity contribution in [1.29, 1.82) is 0 Å². The van der Waals surface area contributed by atoms with Crippen molar-refractivity contribution in [2.75, 3.05) is 57.9 Å². The van der Waals surface area contributed by atoms with E-state index < -0.39 is 23.6 Å². The average molecular weight is 630 g/mol. The molecule has 0 radical (unpaired) electrons. The van der Waals surface area contributed by atoms with Gasteiger partial charge in [-0.1, -0.05) is 23.7 Å². The molecule has 10 nitrogen and oxygen atoms in total. The Kier molecular flexibility index (Phi) is 7.95. The van der Waals surface area contributed by atoms with Gasteiger partial charge in [-0.15, -0.1) is 0 Å². The molecule has 6 rings (SSSR count). The van der Waals surface area contributed by atoms with Gasteiger partial charge >= 0.3 is 6.09 Å². The number of fused-ring (bicyclic) bond motifs is 2. The molecule has 4 aliphatic heterocycles. The molecular weight excluding hydrogens is 589 g/mol. The van der Waals surface area contributed by atoms with Gasteiger partial charge in [0.25, 0.3) is 5.91 Å². The van der Waals surface area contributed by atoms with Crippen LogP contribution in [0.5, 0.6) is 5.75 Å². The van der Waals surface area contributed by atoms with Gasteiger partial charge in [0.2, 0.25) is 0 Å². The van der Waals surface area contributed by atoms with Crippen LogP contribution in [0.1, 0.15) is 51.4 Å². The van der Waals surface area contributed by atoms with E-state index in [-0.39, 0.29) is 64.3 Å². The number of benzene rings is 1. The third-order valence-electron chi connectivity index (χ3n) is 9.07. The zero-order valence-corrected chi connectivity index (χ0v) is 27.0. The number of halogens is 2. The Morgan fingerprint density at radius 3 is 2.52 bits per heavy atom. The van der Waals surface area contributed by atoms with Gasteiger partial charge < -0.3 is 28.9 Å². The van der Waals surface area contributed by atoms with E-state index in [1.165, 1.54) is 6.07 Å². The Hall–Kier alpha value is -3.15. The smallest absolute Gasteiger partial charge is 0.410 e. The van der Waals surface area contributed by atoms with E-state index in [0.29, 0.717) is 25.5 Å². The molecule has 2 amide bonds. The quantitative estimate of drug-likeness (QED) is 0.482. The number of methoxy groups -OCH3 is 1. The SMILES string of the molecule is COC1CN([C@@H]2CN(c3nc(-c4ccccc4F)c(Cl)c4c3C(=O)N3CCN(C(=O)OC(C)(C)C)C[C@@H]3CO4)C(C)(C)C2)C1. The van der Waals surface area contributed by atoms with Crippen LogP contribution in [0.2, 0.25) is 5.02 Å². The van der Waals surface area contributed by atoms with Crippen LogP contribution >= 0.6 is 11.6 Å². The molecule has 3 fully saturated rings. The predicted molar refractivity (Wildman–Crippen MR) is 165 cm³/mol. The molecule has 0 saturated carbocycles. The van der Waals surface area contributed by atoms with Crippen LogP contribution in [-0.2, 0) is 9.47 Å². The molecule has 0 spiro atoms. The standard InChI is InChI=1S/C32H41ClFN5O5/c1-31(2,3)44-30(41)36-11-12-38-20(14-36)18-43-27-24(29(38)40)28(35-26(25(27)33)22-9-7-8-10-23(22)34)39-15-19(13-32(39,4)5)37-16-21(17-37)42-6/h7-10,19-21H,11-18H2,1-6H3/t19-,20+/m0/s1. The molecule has 0 unspecified atom stereocenters. The van der Waals surface area contributed by atoms with Crippen molar-refractivity contribution in [1.82, 2.24) is 19.7 Å². The van der Waals surface area contributed by atoms with E-state index in [9.17, 15) is 9.59 Å². The van der Waals surface area contributed by atoms with Crippen LogP contribution in [0.15, 0.2) is 24.3 Å². The number of hydrogen-bond donors (Lipinski definition) is 0. The number of hydrogen-bond acceptors (Lipinski definition) is 8. The maximum absolute atomic E-state index is 15.2. The molecule has 5 heterocycles. The molecule has 44 heavy (non-hydrogen) atoms. The number of rotatable bonds is 4. The lowest BCUT2D eigenvalue weighted by Crippen LogP contribution is -2.58. The highest BCUT2D eigenvalue weighted by Gasteiger charge is 2.48. The Morgan fingerprint density at radius 2 is 1.84 bits per heavy atom. The molecule has 2 aromatic rings. The number of aromatic nitrogens is 1. The molecule has 238 valence electrons. The first-order valence-corrected chi connectivity index (χ1v) is 15.6. The molecule has 2 atom stereocenters. The molecule has 1 aromatic carbocycles. The fourth-order valence-corrected chi connectivity index (χ4v) is 7.00. The minimum absolute atomic E-state index is 0.0882. The number of carbonyl (C=O) groups excluding carboxylic acids is 2. The fraction of sp³-hybridized carbons (Fsp3) is 0.594. The zero-order valence-electron chi connectivity index (χ0n) is 26.2. The number of amides is 2.